The second-order valence-electron chi connectivity index (χ2n) is 5.66. The zero-order chi connectivity index (χ0) is 16.2. The van der Waals surface area contributed by atoms with E-state index in [2.05, 4.69) is 15.6 Å². The number of fused-ring (bicyclic) bond motifs is 1. The Morgan fingerprint density at radius 2 is 2.17 bits per heavy atom. The molecule has 0 amide bonds. The maximum absolute atomic E-state index is 13.1. The van der Waals surface area contributed by atoms with Crippen LogP contribution < -0.4 is 15.4 Å². The number of nitrogens with zero attached hydrogens (tertiary/aromatic N) is 1. The molecule has 0 unspecified atom stereocenters. The number of ether oxygens (including phenoxy) is 1. The lowest BCUT2D eigenvalue weighted by Gasteiger charge is -2.25. The Labute approximate surface area is 134 Å². The molecule has 23 heavy (non-hydrogen) atoms. The highest BCUT2D eigenvalue weighted by atomic mass is 19.1. The maximum atomic E-state index is 13.1. The molecule has 1 aliphatic heterocycles. The van der Waals surface area contributed by atoms with Crippen LogP contribution in [0.2, 0.25) is 0 Å². The summed E-state index contributed by atoms with van der Waals surface area (Å²) < 4.78 is 18.7. The summed E-state index contributed by atoms with van der Waals surface area (Å²) >= 11 is 0. The summed E-state index contributed by atoms with van der Waals surface area (Å²) in [6.45, 7) is 3.04. The fourth-order valence-corrected chi connectivity index (χ4v) is 2.55. The zero-order valence-corrected chi connectivity index (χ0v) is 13.0. The Balaban J connectivity index is 1.91. The van der Waals surface area contributed by atoms with Gasteiger partial charge in [0.1, 0.15) is 18.2 Å². The number of hydrogen-bond acceptors (Lipinski definition) is 5. The van der Waals surface area contributed by atoms with Gasteiger partial charge >= 0.3 is 0 Å². The Hall–Kier alpha value is -2.34. The summed E-state index contributed by atoms with van der Waals surface area (Å²) in [5, 5.41) is 15.5. The van der Waals surface area contributed by atoms with E-state index >= 15 is 0 Å². The van der Waals surface area contributed by atoms with Crippen LogP contribution in [-0.2, 0) is 6.42 Å². The number of rotatable bonds is 5. The van der Waals surface area contributed by atoms with Crippen molar-refractivity contribution in [2.75, 3.05) is 30.4 Å². The van der Waals surface area contributed by atoms with Gasteiger partial charge in [0.05, 0.1) is 18.3 Å². The van der Waals surface area contributed by atoms with E-state index in [1.54, 1.807) is 12.1 Å². The van der Waals surface area contributed by atoms with E-state index < -0.39 is 0 Å². The first-order chi connectivity index (χ1) is 11.2. The van der Waals surface area contributed by atoms with Crippen molar-refractivity contribution in [1.82, 2.24) is 4.98 Å². The van der Waals surface area contributed by atoms with Crippen molar-refractivity contribution in [3.05, 3.63) is 47.3 Å². The van der Waals surface area contributed by atoms with E-state index in [4.69, 9.17) is 9.84 Å². The molecule has 2 heterocycles. The van der Waals surface area contributed by atoms with Gasteiger partial charge in [-0.2, -0.15) is 4.98 Å². The Morgan fingerprint density at radius 3 is 2.91 bits per heavy atom. The highest BCUT2D eigenvalue weighted by Crippen LogP contribution is 2.32. The molecular weight excluding hydrogens is 297 g/mol. The van der Waals surface area contributed by atoms with Gasteiger partial charge in [-0.3, -0.25) is 0 Å². The van der Waals surface area contributed by atoms with Crippen LogP contribution >= 0.6 is 0 Å². The molecule has 1 atom stereocenters. The molecule has 0 saturated heterocycles. The van der Waals surface area contributed by atoms with E-state index in [9.17, 15) is 4.39 Å². The Morgan fingerprint density at radius 1 is 1.39 bits per heavy atom. The number of aromatic nitrogens is 1. The molecule has 3 N–H and O–H groups in total. The number of anilines is 2. The van der Waals surface area contributed by atoms with Crippen molar-refractivity contribution >= 4 is 11.5 Å². The second kappa shape index (κ2) is 6.83. The van der Waals surface area contributed by atoms with Crippen molar-refractivity contribution in [3.8, 4) is 5.88 Å². The Kier molecular flexibility index (Phi) is 4.62. The normalized spacial score (nSPS) is 16.2. The number of aliphatic hydroxyl groups is 1. The fourth-order valence-electron chi connectivity index (χ4n) is 2.55. The molecule has 1 aliphatic rings. The molecule has 0 saturated carbocycles. The van der Waals surface area contributed by atoms with Gasteiger partial charge in [0, 0.05) is 18.5 Å². The molecule has 6 heteroatoms. The first-order valence-electron chi connectivity index (χ1n) is 7.68. The molecule has 2 aromatic rings. The summed E-state index contributed by atoms with van der Waals surface area (Å²) in [4.78, 5) is 4.52. The van der Waals surface area contributed by atoms with Crippen molar-refractivity contribution in [2.24, 2.45) is 0 Å². The molecule has 1 aromatic heterocycles. The number of aliphatic hydroxyl groups excluding tert-OH is 1. The fraction of sp³-hybridized carbons (Fsp3) is 0.353. The molecule has 122 valence electrons. The third kappa shape index (κ3) is 3.71. The SMILES string of the molecule is C[C@H]1COc2nc(NCCO)c(Cc3ccc(F)cc3)cc2N1. The van der Waals surface area contributed by atoms with E-state index in [0.717, 1.165) is 16.8 Å². The van der Waals surface area contributed by atoms with Gasteiger partial charge in [-0.25, -0.2) is 4.39 Å². The molecule has 0 aliphatic carbocycles. The van der Waals surface area contributed by atoms with Crippen LogP contribution in [0.25, 0.3) is 0 Å². The van der Waals surface area contributed by atoms with Crippen LogP contribution in [0.3, 0.4) is 0 Å². The van der Waals surface area contributed by atoms with Gasteiger partial charge < -0.3 is 20.5 Å². The quantitative estimate of drug-likeness (QED) is 0.790. The van der Waals surface area contributed by atoms with Gasteiger partial charge in [-0.15, -0.1) is 0 Å². The van der Waals surface area contributed by atoms with Gasteiger partial charge in [0.25, 0.3) is 0 Å². The lowest BCUT2D eigenvalue weighted by molar-refractivity contribution is 0.280. The average molecular weight is 317 g/mol. The first-order valence-corrected chi connectivity index (χ1v) is 7.68. The van der Waals surface area contributed by atoms with Crippen molar-refractivity contribution < 1.29 is 14.2 Å². The van der Waals surface area contributed by atoms with Gasteiger partial charge in [0.15, 0.2) is 0 Å². The minimum atomic E-state index is -0.250. The summed E-state index contributed by atoms with van der Waals surface area (Å²) in [5.41, 5.74) is 2.81. The van der Waals surface area contributed by atoms with Crippen LogP contribution in [0, 0.1) is 5.82 Å². The van der Waals surface area contributed by atoms with E-state index in [1.807, 2.05) is 13.0 Å². The van der Waals surface area contributed by atoms with Crippen LogP contribution in [0.1, 0.15) is 18.1 Å². The molecular formula is C17H20FN3O2. The topological polar surface area (TPSA) is 66.4 Å². The largest absolute Gasteiger partial charge is 0.474 e. The molecule has 0 fully saturated rings. The van der Waals surface area contributed by atoms with Crippen molar-refractivity contribution in [1.29, 1.82) is 0 Å². The maximum Gasteiger partial charge on any atom is 0.239 e. The smallest absolute Gasteiger partial charge is 0.239 e. The van der Waals surface area contributed by atoms with Crippen LogP contribution in [0.15, 0.2) is 30.3 Å². The standard InChI is InChI=1S/C17H20FN3O2/c1-11-10-23-17-15(20-11)9-13(16(21-17)19-6-7-22)8-12-2-4-14(18)5-3-12/h2-5,9,11,20,22H,6-8,10H2,1H3,(H,19,21)/t11-/m0/s1. The molecule has 0 spiro atoms. The summed E-state index contributed by atoms with van der Waals surface area (Å²) in [6, 6.07) is 8.64. The third-order valence-corrected chi connectivity index (χ3v) is 3.65. The van der Waals surface area contributed by atoms with E-state index in [1.165, 1.54) is 12.1 Å². The predicted molar refractivity (Wildman–Crippen MR) is 87.6 cm³/mol. The van der Waals surface area contributed by atoms with Crippen molar-refractivity contribution in [2.45, 2.75) is 19.4 Å². The Bertz CT molecular complexity index is 676. The summed E-state index contributed by atoms with van der Waals surface area (Å²) in [6.07, 6.45) is 0.615. The lowest BCUT2D eigenvalue weighted by atomic mass is 10.0. The number of nitrogens with one attached hydrogen (secondary N) is 2. The van der Waals surface area contributed by atoms with Gasteiger partial charge in [-0.05, 0) is 30.7 Å². The predicted octanol–water partition coefficient (Wildman–Crippen LogP) is 2.41. The average Bonchev–Trinajstić information content (AvgIpc) is 2.55. The summed E-state index contributed by atoms with van der Waals surface area (Å²) in [5.74, 6) is 0.990. The molecule has 3 rings (SSSR count). The van der Waals surface area contributed by atoms with Gasteiger partial charge in [0.2, 0.25) is 5.88 Å². The zero-order valence-electron chi connectivity index (χ0n) is 13.0. The summed E-state index contributed by atoms with van der Waals surface area (Å²) in [7, 11) is 0. The highest BCUT2D eigenvalue weighted by Gasteiger charge is 2.19. The molecule has 0 bridgehead atoms. The number of benzene rings is 1. The lowest BCUT2D eigenvalue weighted by Crippen LogP contribution is -2.29. The number of halogens is 1. The molecule has 0 radical (unpaired) electrons. The highest BCUT2D eigenvalue weighted by molar-refractivity contribution is 5.63. The number of hydrogen-bond donors (Lipinski definition) is 3. The van der Waals surface area contributed by atoms with E-state index in [0.29, 0.717) is 31.3 Å². The minimum Gasteiger partial charge on any atom is -0.474 e. The van der Waals surface area contributed by atoms with Crippen LogP contribution in [0.5, 0.6) is 5.88 Å². The molecule has 5 nitrogen and oxygen atoms in total. The van der Waals surface area contributed by atoms with Crippen LogP contribution in [0.4, 0.5) is 15.9 Å². The molecule has 1 aromatic carbocycles. The van der Waals surface area contributed by atoms with Crippen LogP contribution in [-0.4, -0.2) is 35.9 Å². The number of pyridine rings is 1. The van der Waals surface area contributed by atoms with E-state index in [-0.39, 0.29) is 18.5 Å². The monoisotopic (exact) mass is 317 g/mol. The van der Waals surface area contributed by atoms with Crippen molar-refractivity contribution in [3.63, 3.8) is 0 Å². The minimum absolute atomic E-state index is 0.0187. The second-order valence-corrected chi connectivity index (χ2v) is 5.66. The first kappa shape index (κ1) is 15.6. The third-order valence-electron chi connectivity index (χ3n) is 3.65. The van der Waals surface area contributed by atoms with Gasteiger partial charge in [-0.1, -0.05) is 12.1 Å².